The topological polar surface area (TPSA) is 55.4 Å². The third-order valence-electron chi connectivity index (χ3n) is 2.24. The zero-order chi connectivity index (χ0) is 11.3. The van der Waals surface area contributed by atoms with E-state index in [1.165, 1.54) is 6.08 Å². The lowest BCUT2D eigenvalue weighted by atomic mass is 10.2. The van der Waals surface area contributed by atoms with Crippen LogP contribution in [0.2, 0.25) is 0 Å². The Hall–Kier alpha value is -1.58. The van der Waals surface area contributed by atoms with Crippen LogP contribution in [0.3, 0.4) is 0 Å². The third-order valence-corrected chi connectivity index (χ3v) is 2.24. The summed E-state index contributed by atoms with van der Waals surface area (Å²) in [5.41, 5.74) is 0.173. The fraction of sp³-hybridized carbons (Fsp3) is 0.455. The van der Waals surface area contributed by atoms with Crippen molar-refractivity contribution in [3.05, 3.63) is 24.8 Å². The Balaban J connectivity index is 2.55. The van der Waals surface area contributed by atoms with Crippen molar-refractivity contribution in [3.8, 4) is 0 Å². The molecule has 0 aromatic carbocycles. The van der Waals surface area contributed by atoms with Gasteiger partial charge in [0.15, 0.2) is 6.10 Å². The minimum atomic E-state index is -0.684. The molecular weight excluding hydrogens is 194 g/mol. The molecule has 1 heterocycles. The normalized spacial score (nSPS) is 21.1. The summed E-state index contributed by atoms with van der Waals surface area (Å²) in [7, 11) is 0. The van der Waals surface area contributed by atoms with Crippen LogP contribution in [0.1, 0.15) is 19.3 Å². The second-order valence-electron chi connectivity index (χ2n) is 3.41. The van der Waals surface area contributed by atoms with Gasteiger partial charge in [0, 0.05) is 6.54 Å². The molecule has 1 fully saturated rings. The predicted molar refractivity (Wildman–Crippen MR) is 56.1 cm³/mol. The van der Waals surface area contributed by atoms with Crippen molar-refractivity contribution in [1.29, 1.82) is 0 Å². The van der Waals surface area contributed by atoms with Gasteiger partial charge < -0.3 is 10.1 Å². The van der Waals surface area contributed by atoms with Crippen LogP contribution < -0.4 is 5.32 Å². The van der Waals surface area contributed by atoms with E-state index < -0.39 is 12.1 Å². The highest BCUT2D eigenvalue weighted by atomic mass is 16.5. The molecule has 1 aliphatic rings. The zero-order valence-electron chi connectivity index (χ0n) is 8.62. The standard InChI is InChI=1S/C11H15NO3/c1-3-8(2)11(14)15-9-6-4-5-7-12-10(9)13/h3,9H,1-2,4-7H2,(H,12,13). The zero-order valence-corrected chi connectivity index (χ0v) is 8.62. The molecule has 0 spiro atoms. The predicted octanol–water partition coefficient (Wildman–Crippen LogP) is 0.940. The maximum Gasteiger partial charge on any atom is 0.338 e. The molecule has 1 rings (SSSR count). The van der Waals surface area contributed by atoms with E-state index in [9.17, 15) is 9.59 Å². The van der Waals surface area contributed by atoms with Gasteiger partial charge in [-0.3, -0.25) is 4.79 Å². The number of amides is 1. The van der Waals surface area contributed by atoms with Crippen LogP contribution in [0.5, 0.6) is 0 Å². The monoisotopic (exact) mass is 209 g/mol. The third kappa shape index (κ3) is 3.23. The molecule has 1 saturated heterocycles. The van der Waals surface area contributed by atoms with Crippen LogP contribution in [0, 0.1) is 0 Å². The molecule has 1 atom stereocenters. The maximum atomic E-state index is 11.4. The van der Waals surface area contributed by atoms with E-state index in [4.69, 9.17) is 4.74 Å². The molecule has 0 saturated carbocycles. The first-order valence-corrected chi connectivity index (χ1v) is 4.95. The minimum Gasteiger partial charge on any atom is -0.449 e. The lowest BCUT2D eigenvalue weighted by Gasteiger charge is -2.14. The highest BCUT2D eigenvalue weighted by Gasteiger charge is 2.24. The Morgan fingerprint density at radius 3 is 2.93 bits per heavy atom. The summed E-state index contributed by atoms with van der Waals surface area (Å²) in [5, 5.41) is 2.69. The largest absolute Gasteiger partial charge is 0.449 e. The number of rotatable bonds is 3. The summed E-state index contributed by atoms with van der Waals surface area (Å²) in [6.45, 7) is 7.52. The molecule has 82 valence electrons. The second-order valence-corrected chi connectivity index (χ2v) is 3.41. The summed E-state index contributed by atoms with van der Waals surface area (Å²) in [5.74, 6) is -0.801. The average molecular weight is 209 g/mol. The summed E-state index contributed by atoms with van der Waals surface area (Å²) in [6, 6.07) is 0. The van der Waals surface area contributed by atoms with Crippen molar-refractivity contribution in [2.45, 2.75) is 25.4 Å². The Labute approximate surface area is 89.0 Å². The van der Waals surface area contributed by atoms with Crippen molar-refractivity contribution < 1.29 is 14.3 Å². The molecule has 4 nitrogen and oxygen atoms in total. The highest BCUT2D eigenvalue weighted by Crippen LogP contribution is 2.11. The van der Waals surface area contributed by atoms with Crippen LogP contribution in [0.4, 0.5) is 0 Å². The van der Waals surface area contributed by atoms with E-state index in [1.807, 2.05) is 0 Å². The Kier molecular flexibility index (Phi) is 4.09. The number of ether oxygens (including phenoxy) is 1. The fourth-order valence-corrected chi connectivity index (χ4v) is 1.31. The van der Waals surface area contributed by atoms with Gasteiger partial charge in [0.2, 0.25) is 0 Å². The Morgan fingerprint density at radius 1 is 1.53 bits per heavy atom. The molecule has 1 unspecified atom stereocenters. The van der Waals surface area contributed by atoms with Gasteiger partial charge in [-0.15, -0.1) is 0 Å². The second kappa shape index (κ2) is 5.34. The number of nitrogens with one attached hydrogen (secondary N) is 1. The summed E-state index contributed by atoms with van der Waals surface area (Å²) in [6.07, 6.45) is 3.00. The van der Waals surface area contributed by atoms with Crippen LogP contribution >= 0.6 is 0 Å². The van der Waals surface area contributed by atoms with Crippen molar-refractivity contribution in [2.75, 3.05) is 6.54 Å². The lowest BCUT2D eigenvalue weighted by molar-refractivity contribution is -0.151. The van der Waals surface area contributed by atoms with Crippen molar-refractivity contribution in [2.24, 2.45) is 0 Å². The molecule has 1 aliphatic heterocycles. The smallest absolute Gasteiger partial charge is 0.338 e. The summed E-state index contributed by atoms with van der Waals surface area (Å²) < 4.78 is 5.01. The van der Waals surface area contributed by atoms with Gasteiger partial charge in [-0.1, -0.05) is 19.2 Å². The summed E-state index contributed by atoms with van der Waals surface area (Å²) >= 11 is 0. The van der Waals surface area contributed by atoms with Gasteiger partial charge >= 0.3 is 5.97 Å². The number of carbonyl (C=O) groups is 2. The van der Waals surface area contributed by atoms with Gasteiger partial charge in [-0.25, -0.2) is 4.79 Å². The van der Waals surface area contributed by atoms with Gasteiger partial charge in [0.1, 0.15) is 0 Å². The molecular formula is C11H15NO3. The number of esters is 1. The van der Waals surface area contributed by atoms with Crippen LogP contribution in [0.25, 0.3) is 0 Å². The Morgan fingerprint density at radius 2 is 2.27 bits per heavy atom. The quantitative estimate of drug-likeness (QED) is 0.427. The number of hydrogen-bond acceptors (Lipinski definition) is 3. The number of carbonyl (C=O) groups excluding carboxylic acids is 2. The molecule has 0 aromatic heterocycles. The van der Waals surface area contributed by atoms with E-state index in [0.717, 1.165) is 12.8 Å². The fourth-order valence-electron chi connectivity index (χ4n) is 1.31. The van der Waals surface area contributed by atoms with Crippen LogP contribution in [-0.4, -0.2) is 24.5 Å². The molecule has 0 radical (unpaired) electrons. The SMILES string of the molecule is C=CC(=C)C(=O)OC1CCCCNC1=O. The highest BCUT2D eigenvalue weighted by molar-refractivity contribution is 5.93. The summed E-state index contributed by atoms with van der Waals surface area (Å²) in [4.78, 5) is 22.7. The van der Waals surface area contributed by atoms with Gasteiger partial charge in [0.05, 0.1) is 5.57 Å². The van der Waals surface area contributed by atoms with E-state index in [0.29, 0.717) is 13.0 Å². The van der Waals surface area contributed by atoms with Gasteiger partial charge in [-0.2, -0.15) is 0 Å². The molecule has 0 aromatic rings. The van der Waals surface area contributed by atoms with Crippen molar-refractivity contribution in [3.63, 3.8) is 0 Å². The molecule has 4 heteroatoms. The van der Waals surface area contributed by atoms with E-state index >= 15 is 0 Å². The van der Waals surface area contributed by atoms with E-state index in [-0.39, 0.29) is 11.5 Å². The van der Waals surface area contributed by atoms with Gasteiger partial charge in [-0.05, 0) is 19.3 Å². The molecule has 1 N–H and O–H groups in total. The van der Waals surface area contributed by atoms with Crippen LogP contribution in [0.15, 0.2) is 24.8 Å². The first kappa shape index (κ1) is 11.5. The van der Waals surface area contributed by atoms with Crippen LogP contribution in [-0.2, 0) is 14.3 Å². The van der Waals surface area contributed by atoms with Crippen molar-refractivity contribution in [1.82, 2.24) is 5.32 Å². The Bertz CT molecular complexity index is 296. The van der Waals surface area contributed by atoms with E-state index in [2.05, 4.69) is 18.5 Å². The molecule has 0 bridgehead atoms. The van der Waals surface area contributed by atoms with Crippen molar-refractivity contribution >= 4 is 11.9 Å². The lowest BCUT2D eigenvalue weighted by Crippen LogP contribution is -2.36. The average Bonchev–Trinajstić information content (AvgIpc) is 2.43. The molecule has 0 aliphatic carbocycles. The van der Waals surface area contributed by atoms with Gasteiger partial charge in [0.25, 0.3) is 5.91 Å². The first-order valence-electron chi connectivity index (χ1n) is 4.95. The minimum absolute atomic E-state index is 0.173. The maximum absolute atomic E-state index is 11.4. The first-order chi connectivity index (χ1) is 7.15. The molecule has 15 heavy (non-hydrogen) atoms. The number of hydrogen-bond donors (Lipinski definition) is 1. The van der Waals surface area contributed by atoms with E-state index in [1.54, 1.807) is 0 Å². The molecule has 1 amide bonds.